The lowest BCUT2D eigenvalue weighted by atomic mass is 10.1. The fraction of sp³-hybridized carbons (Fsp3) is 0.310. The first kappa shape index (κ1) is 30.7. The Kier molecular flexibility index (Phi) is 11.0. The third kappa shape index (κ3) is 8.30. The minimum Gasteiger partial charge on any atom is -0.354 e. The highest BCUT2D eigenvalue weighted by Crippen LogP contribution is 2.26. The van der Waals surface area contributed by atoms with Crippen molar-refractivity contribution in [2.45, 2.75) is 51.1 Å². The van der Waals surface area contributed by atoms with Crippen LogP contribution in [-0.2, 0) is 26.2 Å². The summed E-state index contributed by atoms with van der Waals surface area (Å²) < 4.78 is 29.5. The summed E-state index contributed by atoms with van der Waals surface area (Å²) in [5.74, 6) is -0.800. The smallest absolute Gasteiger partial charge is 0.264 e. The molecule has 208 valence electrons. The molecule has 0 aliphatic rings. The van der Waals surface area contributed by atoms with E-state index in [0.29, 0.717) is 17.3 Å². The van der Waals surface area contributed by atoms with Crippen LogP contribution in [0.25, 0.3) is 0 Å². The van der Waals surface area contributed by atoms with Crippen molar-refractivity contribution in [1.29, 1.82) is 0 Å². The summed E-state index contributed by atoms with van der Waals surface area (Å²) in [5.41, 5.74) is 2.10. The maximum Gasteiger partial charge on any atom is 0.264 e. The Morgan fingerprint density at radius 2 is 1.59 bits per heavy atom. The number of anilines is 1. The maximum absolute atomic E-state index is 13.9. The molecule has 1 N–H and O–H groups in total. The van der Waals surface area contributed by atoms with Gasteiger partial charge < -0.3 is 10.2 Å². The van der Waals surface area contributed by atoms with E-state index in [1.165, 1.54) is 29.2 Å². The molecule has 0 heterocycles. The molecular weight excluding hydrogens is 602 g/mol. The molecule has 39 heavy (non-hydrogen) atoms. The second-order valence-corrected chi connectivity index (χ2v) is 12.5. The number of hydrogen-bond acceptors (Lipinski definition) is 4. The van der Waals surface area contributed by atoms with E-state index < -0.39 is 28.5 Å². The summed E-state index contributed by atoms with van der Waals surface area (Å²) in [7, 11) is -4.13. The number of amides is 2. The molecule has 0 unspecified atom stereocenters. The molecule has 3 aromatic carbocycles. The molecule has 0 radical (unpaired) electrons. The molecule has 0 bridgehead atoms. The summed E-state index contributed by atoms with van der Waals surface area (Å²) in [5, 5.41) is 3.28. The first-order valence-corrected chi connectivity index (χ1v) is 15.3. The van der Waals surface area contributed by atoms with Gasteiger partial charge in [0.2, 0.25) is 11.8 Å². The molecule has 0 fully saturated rings. The highest BCUT2D eigenvalue weighted by molar-refractivity contribution is 9.10. The van der Waals surface area contributed by atoms with Crippen molar-refractivity contribution < 1.29 is 18.0 Å². The molecule has 2 amide bonds. The van der Waals surface area contributed by atoms with E-state index in [1.807, 2.05) is 38.1 Å². The first-order valence-electron chi connectivity index (χ1n) is 12.7. The Balaban J connectivity index is 1.98. The van der Waals surface area contributed by atoms with Gasteiger partial charge in [-0.3, -0.25) is 13.9 Å². The number of nitrogens with one attached hydrogen (secondary N) is 1. The minimum absolute atomic E-state index is 0.00471. The zero-order valence-corrected chi connectivity index (χ0v) is 25.4. The fourth-order valence-electron chi connectivity index (χ4n) is 3.88. The molecule has 3 rings (SSSR count). The van der Waals surface area contributed by atoms with E-state index in [1.54, 1.807) is 31.2 Å². The topological polar surface area (TPSA) is 86.8 Å². The zero-order valence-electron chi connectivity index (χ0n) is 22.2. The van der Waals surface area contributed by atoms with E-state index in [2.05, 4.69) is 21.2 Å². The van der Waals surface area contributed by atoms with Crippen molar-refractivity contribution in [3.8, 4) is 0 Å². The van der Waals surface area contributed by atoms with Crippen molar-refractivity contribution in [2.24, 2.45) is 0 Å². The van der Waals surface area contributed by atoms with Gasteiger partial charge in [-0.1, -0.05) is 70.7 Å². The Morgan fingerprint density at radius 3 is 2.18 bits per heavy atom. The number of aryl methyl sites for hydroxylation is 1. The normalized spacial score (nSPS) is 12.0. The molecule has 0 saturated heterocycles. The highest BCUT2D eigenvalue weighted by Gasteiger charge is 2.32. The predicted octanol–water partition coefficient (Wildman–Crippen LogP) is 5.94. The van der Waals surface area contributed by atoms with Crippen LogP contribution in [0, 0.1) is 6.92 Å². The summed E-state index contributed by atoms with van der Waals surface area (Å²) in [6.45, 7) is 5.72. The molecule has 0 aliphatic carbocycles. The van der Waals surface area contributed by atoms with Crippen LogP contribution in [0.2, 0.25) is 5.02 Å². The van der Waals surface area contributed by atoms with Gasteiger partial charge in [-0.25, -0.2) is 8.42 Å². The number of hydrogen-bond donors (Lipinski definition) is 1. The second-order valence-electron chi connectivity index (χ2n) is 9.27. The van der Waals surface area contributed by atoms with Crippen LogP contribution in [-0.4, -0.2) is 44.3 Å². The summed E-state index contributed by atoms with van der Waals surface area (Å²) in [4.78, 5) is 28.3. The molecular formula is C29H33BrClN3O4S. The zero-order chi connectivity index (χ0) is 28.6. The van der Waals surface area contributed by atoms with Crippen LogP contribution < -0.4 is 9.62 Å². The molecule has 0 aliphatic heterocycles. The fourth-order valence-corrected chi connectivity index (χ4v) is 5.68. The van der Waals surface area contributed by atoms with Crippen LogP contribution >= 0.6 is 27.5 Å². The summed E-state index contributed by atoms with van der Waals surface area (Å²) >= 11 is 9.40. The second kappa shape index (κ2) is 14.0. The van der Waals surface area contributed by atoms with Gasteiger partial charge in [0.25, 0.3) is 10.0 Å². The quantitative estimate of drug-likeness (QED) is 0.250. The van der Waals surface area contributed by atoms with E-state index in [-0.39, 0.29) is 17.3 Å². The van der Waals surface area contributed by atoms with Crippen LogP contribution in [0.15, 0.2) is 82.2 Å². The number of carbonyl (C=O) groups excluding carboxylic acids is 2. The van der Waals surface area contributed by atoms with E-state index in [4.69, 9.17) is 11.6 Å². The molecule has 0 spiro atoms. The lowest BCUT2D eigenvalue weighted by molar-refractivity contribution is -0.139. The number of sulfonamides is 1. The first-order chi connectivity index (χ1) is 18.5. The van der Waals surface area contributed by atoms with Gasteiger partial charge in [0.15, 0.2) is 0 Å². The Bertz CT molecular complexity index is 1370. The largest absolute Gasteiger partial charge is 0.354 e. The van der Waals surface area contributed by atoms with Gasteiger partial charge >= 0.3 is 0 Å². The SMILES string of the molecule is CCCCNC(=O)[C@@H](C)N(Cc1ccc(Br)cc1)C(=O)CN(c1ccc(C)cc1)S(=O)(=O)c1ccc(Cl)cc1. The number of halogens is 2. The Morgan fingerprint density at radius 1 is 0.974 bits per heavy atom. The lowest BCUT2D eigenvalue weighted by Crippen LogP contribution is -2.51. The number of rotatable bonds is 12. The van der Waals surface area contributed by atoms with Crippen molar-refractivity contribution in [2.75, 3.05) is 17.4 Å². The van der Waals surface area contributed by atoms with Gasteiger partial charge in [0.05, 0.1) is 10.6 Å². The van der Waals surface area contributed by atoms with Gasteiger partial charge in [-0.05, 0) is 74.4 Å². The molecule has 1 atom stereocenters. The average Bonchev–Trinajstić information content (AvgIpc) is 2.91. The summed E-state index contributed by atoms with van der Waals surface area (Å²) in [6, 6.07) is 19.3. The van der Waals surface area contributed by atoms with E-state index in [9.17, 15) is 18.0 Å². The van der Waals surface area contributed by atoms with Gasteiger partial charge in [0, 0.05) is 22.6 Å². The van der Waals surface area contributed by atoms with Gasteiger partial charge in [0.1, 0.15) is 12.6 Å². The van der Waals surface area contributed by atoms with E-state index >= 15 is 0 Å². The van der Waals surface area contributed by atoms with E-state index in [0.717, 1.165) is 32.7 Å². The predicted molar refractivity (Wildman–Crippen MR) is 159 cm³/mol. The monoisotopic (exact) mass is 633 g/mol. The maximum atomic E-state index is 13.9. The average molecular weight is 635 g/mol. The third-order valence-corrected chi connectivity index (χ3v) is 8.83. The standard InChI is InChI=1S/C29H33BrClN3O4S/c1-4-5-18-32-29(36)22(3)33(19-23-8-10-24(30)11-9-23)28(35)20-34(26-14-6-21(2)7-15-26)39(37,38)27-16-12-25(31)13-17-27/h6-17,22H,4-5,18-20H2,1-3H3,(H,32,36)/t22-/m1/s1. The van der Waals surface area contributed by atoms with Crippen LogP contribution in [0.5, 0.6) is 0 Å². The molecule has 0 saturated carbocycles. The Labute approximate surface area is 244 Å². The molecule has 0 aromatic heterocycles. The van der Waals surface area contributed by atoms with Crippen LogP contribution in [0.4, 0.5) is 5.69 Å². The number of benzene rings is 3. The number of unbranched alkanes of at least 4 members (excludes halogenated alkanes) is 1. The van der Waals surface area contributed by atoms with Crippen molar-refractivity contribution in [3.05, 3.63) is 93.4 Å². The number of carbonyl (C=O) groups is 2. The third-order valence-electron chi connectivity index (χ3n) is 6.27. The summed E-state index contributed by atoms with van der Waals surface area (Å²) in [6.07, 6.45) is 1.74. The highest BCUT2D eigenvalue weighted by atomic mass is 79.9. The van der Waals surface area contributed by atoms with Gasteiger partial charge in [-0.2, -0.15) is 0 Å². The number of nitrogens with zero attached hydrogens (tertiary/aromatic N) is 2. The Hall–Kier alpha value is -2.88. The van der Waals surface area contributed by atoms with Gasteiger partial charge in [-0.15, -0.1) is 0 Å². The van der Waals surface area contributed by atoms with Crippen molar-refractivity contribution in [3.63, 3.8) is 0 Å². The molecule has 10 heteroatoms. The molecule has 3 aromatic rings. The van der Waals surface area contributed by atoms with Crippen molar-refractivity contribution >= 4 is 55.1 Å². The minimum atomic E-state index is -4.13. The lowest BCUT2D eigenvalue weighted by Gasteiger charge is -2.32. The molecule has 7 nitrogen and oxygen atoms in total. The van der Waals surface area contributed by atoms with Crippen LogP contribution in [0.1, 0.15) is 37.8 Å². The van der Waals surface area contributed by atoms with Crippen LogP contribution in [0.3, 0.4) is 0 Å². The van der Waals surface area contributed by atoms with Crippen molar-refractivity contribution in [1.82, 2.24) is 10.2 Å².